The number of nitrogens with one attached hydrogen (secondary N) is 1. The number of rotatable bonds is 7. The van der Waals surface area contributed by atoms with E-state index in [1.807, 2.05) is 50.2 Å². The van der Waals surface area contributed by atoms with Crippen LogP contribution in [-0.2, 0) is 21.2 Å². The fourth-order valence-corrected chi connectivity index (χ4v) is 4.64. The van der Waals surface area contributed by atoms with Gasteiger partial charge in [0.25, 0.3) is 0 Å². The summed E-state index contributed by atoms with van der Waals surface area (Å²) in [7, 11) is -3.39. The number of ether oxygens (including phenoxy) is 1. The van der Waals surface area contributed by atoms with Gasteiger partial charge < -0.3 is 9.64 Å². The lowest BCUT2D eigenvalue weighted by Crippen LogP contribution is -2.47. The lowest BCUT2D eigenvalue weighted by Gasteiger charge is -2.28. The molecular formula is C23H30N2O4S. The van der Waals surface area contributed by atoms with Crippen molar-refractivity contribution >= 4 is 16.1 Å². The van der Waals surface area contributed by atoms with Crippen LogP contribution >= 0.6 is 0 Å². The lowest BCUT2D eigenvalue weighted by molar-refractivity contribution is 0.0866. The fraction of sp³-hybridized carbons (Fsp3) is 0.435. The number of hydrogen-bond donors (Lipinski definition) is 1. The Labute approximate surface area is 179 Å². The molecule has 0 saturated carbocycles. The second-order valence-electron chi connectivity index (χ2n) is 8.29. The summed E-state index contributed by atoms with van der Waals surface area (Å²) < 4.78 is 31.9. The molecule has 0 spiro atoms. The van der Waals surface area contributed by atoms with Crippen molar-refractivity contribution in [2.45, 2.75) is 38.8 Å². The summed E-state index contributed by atoms with van der Waals surface area (Å²) >= 11 is 0. The monoisotopic (exact) mass is 430 g/mol. The van der Waals surface area contributed by atoms with Crippen molar-refractivity contribution in [3.8, 4) is 11.1 Å². The summed E-state index contributed by atoms with van der Waals surface area (Å²) in [6, 6.07) is 17.6. The number of amides is 1. The van der Waals surface area contributed by atoms with Gasteiger partial charge in [0.1, 0.15) is 0 Å². The first-order chi connectivity index (χ1) is 14.2. The molecule has 1 aliphatic rings. The zero-order chi connectivity index (χ0) is 21.7. The van der Waals surface area contributed by atoms with Crippen LogP contribution in [0.2, 0.25) is 0 Å². The summed E-state index contributed by atoms with van der Waals surface area (Å²) in [5.74, 6) is 0.238. The number of nitrogens with zero attached hydrogens (tertiary/aromatic N) is 1. The van der Waals surface area contributed by atoms with Crippen molar-refractivity contribution in [1.29, 1.82) is 0 Å². The van der Waals surface area contributed by atoms with Crippen LogP contribution in [0.15, 0.2) is 54.6 Å². The van der Waals surface area contributed by atoms with Crippen LogP contribution in [0.3, 0.4) is 0 Å². The third-order valence-corrected chi connectivity index (χ3v) is 5.90. The van der Waals surface area contributed by atoms with Gasteiger partial charge in [-0.25, -0.2) is 17.9 Å². The van der Waals surface area contributed by atoms with Crippen LogP contribution in [0.4, 0.5) is 4.79 Å². The molecule has 1 N–H and O–H groups in total. The van der Waals surface area contributed by atoms with E-state index in [0.717, 1.165) is 22.9 Å². The number of benzene rings is 2. The molecule has 0 bridgehead atoms. The second-order valence-corrected chi connectivity index (χ2v) is 10.1. The minimum Gasteiger partial charge on any atom is -0.449 e. The van der Waals surface area contributed by atoms with E-state index < -0.39 is 10.0 Å². The zero-order valence-corrected chi connectivity index (χ0v) is 18.6. The third-order valence-electron chi connectivity index (χ3n) is 5.16. The zero-order valence-electron chi connectivity index (χ0n) is 17.7. The molecule has 2 aromatic rings. The predicted molar refractivity (Wildman–Crippen MR) is 119 cm³/mol. The van der Waals surface area contributed by atoms with E-state index in [1.165, 1.54) is 0 Å². The third kappa shape index (κ3) is 6.06. The first kappa shape index (κ1) is 22.3. The molecule has 0 aliphatic carbocycles. The van der Waals surface area contributed by atoms with Gasteiger partial charge in [-0.1, -0.05) is 68.4 Å². The van der Waals surface area contributed by atoms with Gasteiger partial charge in [-0.3, -0.25) is 0 Å². The Hall–Kier alpha value is -2.38. The van der Waals surface area contributed by atoms with E-state index in [0.29, 0.717) is 26.0 Å². The van der Waals surface area contributed by atoms with Gasteiger partial charge in [0, 0.05) is 12.6 Å². The van der Waals surface area contributed by atoms with Gasteiger partial charge in [0.05, 0.1) is 18.9 Å². The highest BCUT2D eigenvalue weighted by Crippen LogP contribution is 2.26. The number of hydrogen-bond acceptors (Lipinski definition) is 4. The molecule has 30 heavy (non-hydrogen) atoms. The van der Waals surface area contributed by atoms with Crippen molar-refractivity contribution in [2.75, 3.05) is 19.4 Å². The summed E-state index contributed by atoms with van der Waals surface area (Å²) in [5, 5.41) is 0. The van der Waals surface area contributed by atoms with Crippen molar-refractivity contribution in [3.63, 3.8) is 0 Å². The van der Waals surface area contributed by atoms with Crippen molar-refractivity contribution in [1.82, 2.24) is 9.62 Å². The standard InChI is InChI=1S/C23H30N2O4S/c1-17(2)16-29-23(26)25-13-12-21(24-30(3,27)28)22(25)15-18-8-7-11-20(14-18)19-9-5-4-6-10-19/h4-11,14,17,21-22,24H,12-13,15-16H2,1-3H3. The molecule has 162 valence electrons. The minimum absolute atomic E-state index is 0.238. The van der Waals surface area contributed by atoms with Gasteiger partial charge >= 0.3 is 6.09 Å². The first-order valence-corrected chi connectivity index (χ1v) is 12.2. The Morgan fingerprint density at radius 1 is 1.13 bits per heavy atom. The van der Waals surface area contributed by atoms with E-state index in [9.17, 15) is 13.2 Å². The molecule has 0 aromatic heterocycles. The Kier molecular flexibility index (Phi) is 7.15. The van der Waals surface area contributed by atoms with E-state index in [-0.39, 0.29) is 24.1 Å². The molecule has 6 nitrogen and oxygen atoms in total. The Morgan fingerprint density at radius 2 is 1.83 bits per heavy atom. The van der Waals surface area contributed by atoms with E-state index in [2.05, 4.69) is 22.9 Å². The molecule has 1 heterocycles. The fourth-order valence-electron chi connectivity index (χ4n) is 3.82. The SMILES string of the molecule is CC(C)COC(=O)N1CCC(NS(C)(=O)=O)C1Cc1cccc(-c2ccccc2)c1. The highest BCUT2D eigenvalue weighted by molar-refractivity contribution is 7.88. The van der Waals surface area contributed by atoms with Gasteiger partial charge in [-0.15, -0.1) is 0 Å². The molecule has 1 fully saturated rings. The van der Waals surface area contributed by atoms with Crippen LogP contribution in [0.1, 0.15) is 25.8 Å². The molecule has 0 radical (unpaired) electrons. The van der Waals surface area contributed by atoms with Gasteiger partial charge in [0.15, 0.2) is 0 Å². The van der Waals surface area contributed by atoms with Gasteiger partial charge in [-0.05, 0) is 35.4 Å². The maximum Gasteiger partial charge on any atom is 0.410 e. The maximum absolute atomic E-state index is 12.7. The minimum atomic E-state index is -3.39. The van der Waals surface area contributed by atoms with Crippen molar-refractivity contribution in [2.24, 2.45) is 5.92 Å². The number of carbonyl (C=O) groups is 1. The second kappa shape index (κ2) is 9.62. The Bertz CT molecular complexity index is 960. The maximum atomic E-state index is 12.7. The first-order valence-electron chi connectivity index (χ1n) is 10.3. The average Bonchev–Trinajstić information content (AvgIpc) is 3.07. The molecule has 7 heteroatoms. The summed E-state index contributed by atoms with van der Waals surface area (Å²) in [6.07, 6.45) is 1.88. The average molecular weight is 431 g/mol. The molecule has 2 atom stereocenters. The quantitative estimate of drug-likeness (QED) is 0.727. The lowest BCUT2D eigenvalue weighted by atomic mass is 9.97. The Balaban J connectivity index is 1.83. The van der Waals surface area contributed by atoms with Crippen LogP contribution in [0.5, 0.6) is 0 Å². The Morgan fingerprint density at radius 3 is 2.50 bits per heavy atom. The molecule has 2 aromatic carbocycles. The number of likely N-dealkylation sites (tertiary alicyclic amines) is 1. The number of carbonyl (C=O) groups excluding carboxylic acids is 1. The molecule has 1 amide bonds. The van der Waals surface area contributed by atoms with Crippen LogP contribution < -0.4 is 4.72 Å². The highest BCUT2D eigenvalue weighted by Gasteiger charge is 2.39. The highest BCUT2D eigenvalue weighted by atomic mass is 32.2. The topological polar surface area (TPSA) is 75.7 Å². The van der Waals surface area contributed by atoms with E-state index >= 15 is 0 Å². The summed E-state index contributed by atoms with van der Waals surface area (Å²) in [4.78, 5) is 14.3. The van der Waals surface area contributed by atoms with Crippen LogP contribution in [-0.4, -0.2) is 50.9 Å². The molecule has 1 saturated heterocycles. The van der Waals surface area contributed by atoms with Gasteiger partial charge in [-0.2, -0.15) is 0 Å². The smallest absolute Gasteiger partial charge is 0.410 e. The van der Waals surface area contributed by atoms with Gasteiger partial charge in [0.2, 0.25) is 10.0 Å². The largest absolute Gasteiger partial charge is 0.449 e. The molecule has 1 aliphatic heterocycles. The van der Waals surface area contributed by atoms with E-state index in [4.69, 9.17) is 4.74 Å². The summed E-state index contributed by atoms with van der Waals surface area (Å²) in [6.45, 7) is 4.78. The van der Waals surface area contributed by atoms with Crippen molar-refractivity contribution in [3.05, 3.63) is 60.2 Å². The van der Waals surface area contributed by atoms with Crippen LogP contribution in [0, 0.1) is 5.92 Å². The van der Waals surface area contributed by atoms with E-state index in [1.54, 1.807) is 4.90 Å². The normalized spacial score (nSPS) is 19.3. The van der Waals surface area contributed by atoms with Crippen molar-refractivity contribution < 1.29 is 17.9 Å². The molecule has 2 unspecified atom stereocenters. The predicted octanol–water partition coefficient (Wildman–Crippen LogP) is 3.68. The number of sulfonamides is 1. The van der Waals surface area contributed by atoms with Crippen LogP contribution in [0.25, 0.3) is 11.1 Å². The summed E-state index contributed by atoms with van der Waals surface area (Å²) in [5.41, 5.74) is 3.25. The molecular weight excluding hydrogens is 400 g/mol. The molecule has 3 rings (SSSR count).